The third-order valence-electron chi connectivity index (χ3n) is 3.81. The van der Waals surface area contributed by atoms with E-state index < -0.39 is 5.60 Å². The predicted octanol–water partition coefficient (Wildman–Crippen LogP) is 3.61. The molecule has 1 aliphatic rings. The molecule has 2 aromatic heterocycles. The highest BCUT2D eigenvalue weighted by Crippen LogP contribution is 2.32. The molecule has 3 rings (SSSR count). The SMILES string of the molecule is CN(Cc1cnc(-c2cccs2)s1)CC1(O)CCCC1. The summed E-state index contributed by atoms with van der Waals surface area (Å²) in [5, 5.41) is 13.6. The standard InChI is InChI=1S/C15H20N2OS2/c1-17(11-15(18)6-2-3-7-15)10-12-9-16-14(20-12)13-5-4-8-19-13/h4-5,8-9,18H,2-3,6-7,10-11H2,1H3. The summed E-state index contributed by atoms with van der Waals surface area (Å²) in [6.07, 6.45) is 6.18. The van der Waals surface area contributed by atoms with Crippen LogP contribution in [0.4, 0.5) is 0 Å². The van der Waals surface area contributed by atoms with Crippen LogP contribution >= 0.6 is 22.7 Å². The van der Waals surface area contributed by atoms with Crippen LogP contribution in [0.3, 0.4) is 0 Å². The van der Waals surface area contributed by atoms with E-state index in [1.807, 2.05) is 6.20 Å². The molecule has 0 unspecified atom stereocenters. The van der Waals surface area contributed by atoms with Gasteiger partial charge in [0, 0.05) is 24.2 Å². The Labute approximate surface area is 127 Å². The minimum Gasteiger partial charge on any atom is -0.389 e. The smallest absolute Gasteiger partial charge is 0.133 e. The second-order valence-electron chi connectivity index (χ2n) is 5.71. The van der Waals surface area contributed by atoms with Gasteiger partial charge in [-0.3, -0.25) is 4.90 Å². The molecule has 0 saturated heterocycles. The van der Waals surface area contributed by atoms with Crippen molar-refractivity contribution in [2.24, 2.45) is 0 Å². The number of aliphatic hydroxyl groups is 1. The van der Waals surface area contributed by atoms with Crippen LogP contribution in [0, 0.1) is 0 Å². The average molecular weight is 308 g/mol. The zero-order valence-corrected chi connectivity index (χ0v) is 13.3. The van der Waals surface area contributed by atoms with Gasteiger partial charge in [0.1, 0.15) is 5.01 Å². The van der Waals surface area contributed by atoms with E-state index in [-0.39, 0.29) is 0 Å². The highest BCUT2D eigenvalue weighted by Gasteiger charge is 2.32. The van der Waals surface area contributed by atoms with Crippen LogP contribution < -0.4 is 0 Å². The molecule has 3 nitrogen and oxygen atoms in total. The second kappa shape index (κ2) is 5.93. The van der Waals surface area contributed by atoms with Gasteiger partial charge in [-0.15, -0.1) is 22.7 Å². The molecule has 0 aliphatic heterocycles. The van der Waals surface area contributed by atoms with E-state index in [1.165, 1.54) is 9.75 Å². The summed E-state index contributed by atoms with van der Waals surface area (Å²) < 4.78 is 0. The number of thiophene rings is 1. The fraction of sp³-hybridized carbons (Fsp3) is 0.533. The van der Waals surface area contributed by atoms with Gasteiger partial charge >= 0.3 is 0 Å². The Hall–Kier alpha value is -0.750. The number of likely N-dealkylation sites (N-methyl/N-ethyl adjacent to an activating group) is 1. The predicted molar refractivity (Wildman–Crippen MR) is 85.2 cm³/mol. The summed E-state index contributed by atoms with van der Waals surface area (Å²) in [6.45, 7) is 1.63. The molecule has 1 N–H and O–H groups in total. The van der Waals surface area contributed by atoms with E-state index >= 15 is 0 Å². The Bertz CT molecular complexity index is 544. The number of aromatic nitrogens is 1. The van der Waals surface area contributed by atoms with Gasteiger partial charge in [-0.2, -0.15) is 0 Å². The number of thiazole rings is 1. The molecule has 0 amide bonds. The lowest BCUT2D eigenvalue weighted by Crippen LogP contribution is -2.38. The summed E-state index contributed by atoms with van der Waals surface area (Å²) in [7, 11) is 2.08. The molecular weight excluding hydrogens is 288 g/mol. The van der Waals surface area contributed by atoms with Crippen molar-refractivity contribution in [3.05, 3.63) is 28.6 Å². The van der Waals surface area contributed by atoms with E-state index in [4.69, 9.17) is 0 Å². The number of hydrogen-bond acceptors (Lipinski definition) is 5. The lowest BCUT2D eigenvalue weighted by Gasteiger charge is -2.28. The average Bonchev–Trinajstić information content (AvgIpc) is 3.08. The van der Waals surface area contributed by atoms with Crippen LogP contribution in [0.1, 0.15) is 30.6 Å². The molecule has 0 bridgehead atoms. The van der Waals surface area contributed by atoms with Crippen molar-refractivity contribution in [3.8, 4) is 9.88 Å². The summed E-state index contributed by atoms with van der Waals surface area (Å²) in [5.41, 5.74) is -0.462. The highest BCUT2D eigenvalue weighted by molar-refractivity contribution is 7.20. The van der Waals surface area contributed by atoms with E-state index in [2.05, 4.69) is 34.4 Å². The summed E-state index contributed by atoms with van der Waals surface area (Å²) in [4.78, 5) is 9.22. The first kappa shape index (κ1) is 14.2. The van der Waals surface area contributed by atoms with Crippen molar-refractivity contribution in [2.45, 2.75) is 37.8 Å². The van der Waals surface area contributed by atoms with Crippen LogP contribution in [0.5, 0.6) is 0 Å². The van der Waals surface area contributed by atoms with Gasteiger partial charge in [0.25, 0.3) is 0 Å². The monoisotopic (exact) mass is 308 g/mol. The summed E-state index contributed by atoms with van der Waals surface area (Å²) in [6, 6.07) is 4.17. The molecular formula is C15H20N2OS2. The summed E-state index contributed by atoms with van der Waals surface area (Å²) >= 11 is 3.48. The topological polar surface area (TPSA) is 36.4 Å². The Kier molecular flexibility index (Phi) is 4.21. The van der Waals surface area contributed by atoms with Gasteiger partial charge < -0.3 is 5.11 Å². The lowest BCUT2D eigenvalue weighted by molar-refractivity contribution is 0.0147. The molecule has 0 atom stereocenters. The number of rotatable bonds is 5. The van der Waals surface area contributed by atoms with Gasteiger partial charge in [0.05, 0.1) is 10.5 Å². The van der Waals surface area contributed by atoms with Crippen LogP contribution in [-0.4, -0.2) is 34.2 Å². The Morgan fingerprint density at radius 1 is 1.40 bits per heavy atom. The molecule has 5 heteroatoms. The molecule has 0 aromatic carbocycles. The maximum atomic E-state index is 10.4. The lowest BCUT2D eigenvalue weighted by atomic mass is 10.0. The van der Waals surface area contributed by atoms with Gasteiger partial charge in [-0.1, -0.05) is 18.9 Å². The van der Waals surface area contributed by atoms with E-state index in [0.29, 0.717) is 0 Å². The third-order valence-corrected chi connectivity index (χ3v) is 5.83. The second-order valence-corrected chi connectivity index (χ2v) is 7.78. The normalized spacial score (nSPS) is 17.9. The quantitative estimate of drug-likeness (QED) is 0.916. The summed E-state index contributed by atoms with van der Waals surface area (Å²) in [5.74, 6) is 0. The minimum atomic E-state index is -0.462. The fourth-order valence-corrected chi connectivity index (χ4v) is 4.71. The van der Waals surface area contributed by atoms with Crippen molar-refractivity contribution >= 4 is 22.7 Å². The molecule has 2 heterocycles. The fourth-order valence-electron chi connectivity index (χ4n) is 2.91. The first-order valence-electron chi connectivity index (χ1n) is 7.04. The van der Waals surface area contributed by atoms with Crippen LogP contribution in [0.2, 0.25) is 0 Å². The van der Waals surface area contributed by atoms with E-state index in [9.17, 15) is 5.11 Å². The van der Waals surface area contributed by atoms with Crippen LogP contribution in [0.25, 0.3) is 9.88 Å². The van der Waals surface area contributed by atoms with Gasteiger partial charge in [-0.25, -0.2) is 4.98 Å². The maximum absolute atomic E-state index is 10.4. The van der Waals surface area contributed by atoms with Crippen LogP contribution in [0.15, 0.2) is 23.7 Å². The first-order chi connectivity index (χ1) is 9.65. The van der Waals surface area contributed by atoms with Crippen molar-refractivity contribution in [3.63, 3.8) is 0 Å². The largest absolute Gasteiger partial charge is 0.389 e. The van der Waals surface area contributed by atoms with Gasteiger partial charge in [0.15, 0.2) is 0 Å². The van der Waals surface area contributed by atoms with Gasteiger partial charge in [-0.05, 0) is 31.3 Å². The third kappa shape index (κ3) is 3.28. The van der Waals surface area contributed by atoms with Crippen LogP contribution in [-0.2, 0) is 6.54 Å². The Balaban J connectivity index is 1.60. The van der Waals surface area contributed by atoms with Gasteiger partial charge in [0.2, 0.25) is 0 Å². The van der Waals surface area contributed by atoms with E-state index in [1.54, 1.807) is 22.7 Å². The Morgan fingerprint density at radius 3 is 2.90 bits per heavy atom. The van der Waals surface area contributed by atoms with Crippen molar-refractivity contribution in [1.29, 1.82) is 0 Å². The molecule has 1 fully saturated rings. The number of hydrogen-bond donors (Lipinski definition) is 1. The van der Waals surface area contributed by atoms with E-state index in [0.717, 1.165) is 43.8 Å². The molecule has 0 spiro atoms. The molecule has 1 aliphatic carbocycles. The highest BCUT2D eigenvalue weighted by atomic mass is 32.1. The van der Waals surface area contributed by atoms with Crippen molar-refractivity contribution < 1.29 is 5.11 Å². The van der Waals surface area contributed by atoms with Crippen molar-refractivity contribution in [2.75, 3.05) is 13.6 Å². The molecule has 20 heavy (non-hydrogen) atoms. The van der Waals surface area contributed by atoms with Crippen molar-refractivity contribution in [1.82, 2.24) is 9.88 Å². The molecule has 0 radical (unpaired) electrons. The minimum absolute atomic E-state index is 0.462. The first-order valence-corrected chi connectivity index (χ1v) is 8.74. The maximum Gasteiger partial charge on any atom is 0.133 e. The molecule has 108 valence electrons. The number of nitrogens with zero attached hydrogens (tertiary/aromatic N) is 2. The zero-order chi connectivity index (χ0) is 14.0. The Morgan fingerprint density at radius 2 is 2.20 bits per heavy atom. The molecule has 2 aromatic rings. The zero-order valence-electron chi connectivity index (χ0n) is 11.7. The molecule has 1 saturated carbocycles.